The third-order valence-electron chi connectivity index (χ3n) is 3.72. The Kier molecular flexibility index (Phi) is 6.32. The largest absolute Gasteiger partial charge is 0.479 e. The predicted molar refractivity (Wildman–Crippen MR) is 91.8 cm³/mol. The van der Waals surface area contributed by atoms with E-state index in [0.717, 1.165) is 0 Å². The van der Waals surface area contributed by atoms with E-state index in [0.29, 0.717) is 24.0 Å². The van der Waals surface area contributed by atoms with E-state index in [1.54, 1.807) is 54.6 Å². The maximum Gasteiger partial charge on any atom is 0.338 e. The molecular formula is C18H21O5P. The minimum Gasteiger partial charge on any atom is -0.479 e. The first-order valence-electron chi connectivity index (χ1n) is 7.79. The Labute approximate surface area is 141 Å². The first-order valence-corrected chi connectivity index (χ1v) is 9.44. The maximum absolute atomic E-state index is 12.9. The molecule has 0 fully saturated rings. The van der Waals surface area contributed by atoms with E-state index in [-0.39, 0.29) is 0 Å². The maximum atomic E-state index is 12.9. The average Bonchev–Trinajstić information content (AvgIpc) is 2.59. The van der Waals surface area contributed by atoms with E-state index in [9.17, 15) is 19.4 Å². The zero-order valence-corrected chi connectivity index (χ0v) is 14.3. The van der Waals surface area contributed by atoms with Gasteiger partial charge in [-0.15, -0.1) is 0 Å². The van der Waals surface area contributed by atoms with Crippen LogP contribution in [-0.4, -0.2) is 16.0 Å². The van der Waals surface area contributed by atoms with Crippen molar-refractivity contribution in [3.05, 3.63) is 71.8 Å². The fourth-order valence-corrected chi connectivity index (χ4v) is 4.36. The van der Waals surface area contributed by atoms with Gasteiger partial charge in [-0.25, -0.2) is 4.79 Å². The molecule has 6 heteroatoms. The molecule has 2 N–H and O–H groups in total. The zero-order chi connectivity index (χ0) is 17.6. The van der Waals surface area contributed by atoms with Gasteiger partial charge in [0.15, 0.2) is 6.10 Å². The van der Waals surface area contributed by atoms with Gasteiger partial charge in [0.25, 0.3) is 0 Å². The molecular weight excluding hydrogens is 327 g/mol. The van der Waals surface area contributed by atoms with E-state index in [1.807, 2.05) is 13.0 Å². The van der Waals surface area contributed by atoms with Crippen LogP contribution in [0.3, 0.4) is 0 Å². The number of benzene rings is 2. The topological polar surface area (TPSA) is 83.8 Å². The van der Waals surface area contributed by atoms with E-state index in [1.165, 1.54) is 0 Å². The Morgan fingerprint density at radius 1 is 1.04 bits per heavy atom. The Hall–Kier alpha value is -1.94. The molecule has 0 bridgehead atoms. The molecule has 2 aromatic rings. The number of carboxylic acids is 1. The highest BCUT2D eigenvalue weighted by Gasteiger charge is 2.38. The van der Waals surface area contributed by atoms with Crippen LogP contribution < -0.4 is 0 Å². The standard InChI is InChI=1S/C18H21O5P/c1-2-9-16(14-10-5-3-6-11-14)24(21,22)23-17(18(19)20)15-12-7-4-8-13-15/h3-8,10-13,16-17H,2,9H2,1H3,(H,19,20)(H,21,22). The van der Waals surface area contributed by atoms with Gasteiger partial charge in [0.2, 0.25) is 0 Å². The molecule has 0 aromatic heterocycles. The summed E-state index contributed by atoms with van der Waals surface area (Å²) in [6, 6.07) is 17.1. The fourth-order valence-electron chi connectivity index (χ4n) is 2.57. The normalized spacial score (nSPS) is 16.1. The minimum absolute atomic E-state index is 0.336. The molecule has 0 amide bonds. The monoisotopic (exact) mass is 348 g/mol. The fraction of sp³-hybridized carbons (Fsp3) is 0.278. The van der Waals surface area contributed by atoms with Crippen molar-refractivity contribution in [2.45, 2.75) is 31.5 Å². The van der Waals surface area contributed by atoms with Crippen LogP contribution in [-0.2, 0) is 13.9 Å². The molecule has 0 aliphatic carbocycles. The number of carbonyl (C=O) groups is 1. The summed E-state index contributed by atoms with van der Waals surface area (Å²) in [4.78, 5) is 22.0. The van der Waals surface area contributed by atoms with Gasteiger partial charge in [-0.2, -0.15) is 0 Å². The lowest BCUT2D eigenvalue weighted by Gasteiger charge is -2.25. The van der Waals surface area contributed by atoms with Crippen LogP contribution in [0.15, 0.2) is 60.7 Å². The van der Waals surface area contributed by atoms with Crippen molar-refractivity contribution in [2.24, 2.45) is 0 Å². The highest BCUT2D eigenvalue weighted by Crippen LogP contribution is 2.60. The van der Waals surface area contributed by atoms with Crippen molar-refractivity contribution in [1.29, 1.82) is 0 Å². The van der Waals surface area contributed by atoms with Crippen LogP contribution in [0, 0.1) is 0 Å². The summed E-state index contributed by atoms with van der Waals surface area (Å²) in [7, 11) is -4.20. The van der Waals surface area contributed by atoms with Gasteiger partial charge in [0.1, 0.15) is 0 Å². The van der Waals surface area contributed by atoms with Crippen LogP contribution >= 0.6 is 7.60 Å². The number of hydrogen-bond donors (Lipinski definition) is 2. The second-order valence-corrected chi connectivity index (χ2v) is 7.48. The van der Waals surface area contributed by atoms with Crippen molar-refractivity contribution in [3.8, 4) is 0 Å². The Balaban J connectivity index is 2.32. The van der Waals surface area contributed by atoms with E-state index in [2.05, 4.69) is 0 Å². The van der Waals surface area contributed by atoms with Crippen molar-refractivity contribution in [1.82, 2.24) is 0 Å². The summed E-state index contributed by atoms with van der Waals surface area (Å²) >= 11 is 0. The molecule has 0 radical (unpaired) electrons. The second-order valence-electron chi connectivity index (χ2n) is 5.51. The number of hydrogen-bond acceptors (Lipinski definition) is 3. The van der Waals surface area contributed by atoms with Crippen molar-refractivity contribution < 1.29 is 23.9 Å². The Morgan fingerprint density at radius 2 is 1.54 bits per heavy atom. The first kappa shape index (κ1) is 18.4. The van der Waals surface area contributed by atoms with E-state index >= 15 is 0 Å². The molecule has 3 atom stereocenters. The predicted octanol–water partition coefficient (Wildman–Crippen LogP) is 4.56. The third-order valence-corrected chi connectivity index (χ3v) is 5.58. The van der Waals surface area contributed by atoms with Gasteiger partial charge >= 0.3 is 13.6 Å². The molecule has 3 unspecified atom stereocenters. The van der Waals surface area contributed by atoms with E-state index < -0.39 is 25.3 Å². The molecule has 0 spiro atoms. The quantitative estimate of drug-likeness (QED) is 0.684. The van der Waals surface area contributed by atoms with Gasteiger partial charge in [-0.1, -0.05) is 74.0 Å². The van der Waals surface area contributed by atoms with Crippen LogP contribution in [0.4, 0.5) is 0 Å². The lowest BCUT2D eigenvalue weighted by molar-refractivity contribution is -0.145. The smallest absolute Gasteiger partial charge is 0.338 e. The van der Waals surface area contributed by atoms with Crippen molar-refractivity contribution in [3.63, 3.8) is 0 Å². The first-order chi connectivity index (χ1) is 11.5. The number of carboxylic acid groups (broad SMARTS) is 1. The third kappa shape index (κ3) is 4.54. The minimum atomic E-state index is -4.20. The van der Waals surface area contributed by atoms with Crippen molar-refractivity contribution in [2.75, 3.05) is 0 Å². The molecule has 128 valence electrons. The molecule has 24 heavy (non-hydrogen) atoms. The average molecular weight is 348 g/mol. The molecule has 0 aliphatic rings. The van der Waals surface area contributed by atoms with Gasteiger partial charge in [-0.05, 0) is 17.5 Å². The zero-order valence-electron chi connectivity index (χ0n) is 13.4. The SMILES string of the molecule is CCCC(c1ccccc1)P(=O)(O)OC(C(=O)O)c1ccccc1. The summed E-state index contributed by atoms with van der Waals surface area (Å²) in [6.45, 7) is 1.90. The van der Waals surface area contributed by atoms with Gasteiger partial charge in [0.05, 0.1) is 5.66 Å². The van der Waals surface area contributed by atoms with Gasteiger partial charge < -0.3 is 10.00 Å². The van der Waals surface area contributed by atoms with Crippen LogP contribution in [0.5, 0.6) is 0 Å². The Morgan fingerprint density at radius 3 is 2.00 bits per heavy atom. The molecule has 0 saturated carbocycles. The summed E-state index contributed by atoms with van der Waals surface area (Å²) in [5, 5.41) is 9.42. The summed E-state index contributed by atoms with van der Waals surface area (Å²) in [6.07, 6.45) is -0.375. The van der Waals surface area contributed by atoms with E-state index in [4.69, 9.17) is 4.52 Å². The van der Waals surface area contributed by atoms with Crippen LogP contribution in [0.2, 0.25) is 0 Å². The number of rotatable bonds is 8. The summed E-state index contributed by atoms with van der Waals surface area (Å²) in [5.74, 6) is -1.29. The highest BCUT2D eigenvalue weighted by atomic mass is 31.2. The van der Waals surface area contributed by atoms with Gasteiger partial charge in [0, 0.05) is 0 Å². The van der Waals surface area contributed by atoms with Crippen LogP contribution in [0.25, 0.3) is 0 Å². The molecule has 2 rings (SSSR count). The Bertz CT molecular complexity index is 702. The van der Waals surface area contributed by atoms with Gasteiger partial charge in [-0.3, -0.25) is 9.09 Å². The van der Waals surface area contributed by atoms with Crippen molar-refractivity contribution >= 4 is 13.6 Å². The molecule has 0 saturated heterocycles. The number of aliphatic carboxylic acids is 1. The molecule has 0 aliphatic heterocycles. The second kappa shape index (κ2) is 8.25. The molecule has 5 nitrogen and oxygen atoms in total. The lowest BCUT2D eigenvalue weighted by Crippen LogP contribution is -2.16. The molecule has 0 heterocycles. The lowest BCUT2D eigenvalue weighted by atomic mass is 10.1. The summed E-state index contributed by atoms with van der Waals surface area (Å²) in [5.41, 5.74) is 0.249. The summed E-state index contributed by atoms with van der Waals surface area (Å²) < 4.78 is 18.1. The molecule has 2 aromatic carbocycles. The highest BCUT2D eigenvalue weighted by molar-refractivity contribution is 7.53. The van der Waals surface area contributed by atoms with Crippen LogP contribution in [0.1, 0.15) is 42.7 Å².